The van der Waals surface area contributed by atoms with Crippen LogP contribution in [0, 0.1) is 20.8 Å². The first kappa shape index (κ1) is 12.5. The topological polar surface area (TPSA) is 35.2 Å². The standard InChI is InChI=1S/C16H19NO/c1-10-5-6-15(17)14(7-10)13-8-12(3)16(18-4)9-11(13)2/h5-9H,17H2,1-4H3. The molecule has 94 valence electrons. The second-order valence-corrected chi connectivity index (χ2v) is 4.73. The summed E-state index contributed by atoms with van der Waals surface area (Å²) in [5.74, 6) is 0.919. The molecule has 0 fully saturated rings. The molecule has 0 aromatic heterocycles. The number of hydrogen-bond acceptors (Lipinski definition) is 2. The molecule has 18 heavy (non-hydrogen) atoms. The van der Waals surface area contributed by atoms with Crippen LogP contribution in [0.5, 0.6) is 5.75 Å². The van der Waals surface area contributed by atoms with E-state index < -0.39 is 0 Å². The van der Waals surface area contributed by atoms with Gasteiger partial charge in [-0.05, 0) is 61.7 Å². The van der Waals surface area contributed by atoms with Crippen molar-refractivity contribution in [2.75, 3.05) is 12.8 Å². The number of rotatable bonds is 2. The molecule has 0 bridgehead atoms. The van der Waals surface area contributed by atoms with E-state index in [1.165, 1.54) is 16.7 Å². The third kappa shape index (κ3) is 2.19. The molecule has 0 unspecified atom stereocenters. The van der Waals surface area contributed by atoms with Crippen molar-refractivity contribution in [3.63, 3.8) is 0 Å². The lowest BCUT2D eigenvalue weighted by Crippen LogP contribution is -1.95. The molecule has 0 radical (unpaired) electrons. The Balaban J connectivity index is 2.64. The summed E-state index contributed by atoms with van der Waals surface area (Å²) in [4.78, 5) is 0. The lowest BCUT2D eigenvalue weighted by molar-refractivity contribution is 0.411. The number of anilines is 1. The van der Waals surface area contributed by atoms with E-state index >= 15 is 0 Å². The van der Waals surface area contributed by atoms with Crippen LogP contribution in [-0.4, -0.2) is 7.11 Å². The molecule has 0 aliphatic rings. The van der Waals surface area contributed by atoms with Crippen molar-refractivity contribution in [2.45, 2.75) is 20.8 Å². The number of ether oxygens (including phenoxy) is 1. The molecule has 2 nitrogen and oxygen atoms in total. The van der Waals surface area contributed by atoms with Gasteiger partial charge in [-0.1, -0.05) is 11.6 Å². The molecule has 0 spiro atoms. The van der Waals surface area contributed by atoms with Gasteiger partial charge in [0.2, 0.25) is 0 Å². The van der Waals surface area contributed by atoms with E-state index in [0.29, 0.717) is 0 Å². The van der Waals surface area contributed by atoms with Gasteiger partial charge < -0.3 is 10.5 Å². The maximum absolute atomic E-state index is 6.08. The van der Waals surface area contributed by atoms with Gasteiger partial charge in [-0.15, -0.1) is 0 Å². The Labute approximate surface area is 108 Å². The van der Waals surface area contributed by atoms with Crippen molar-refractivity contribution in [2.24, 2.45) is 0 Å². The summed E-state index contributed by atoms with van der Waals surface area (Å²) in [6.45, 7) is 6.21. The summed E-state index contributed by atoms with van der Waals surface area (Å²) >= 11 is 0. The summed E-state index contributed by atoms with van der Waals surface area (Å²) in [5, 5.41) is 0. The Bertz CT molecular complexity index is 588. The highest BCUT2D eigenvalue weighted by atomic mass is 16.5. The van der Waals surface area contributed by atoms with Crippen LogP contribution in [0.25, 0.3) is 11.1 Å². The van der Waals surface area contributed by atoms with Gasteiger partial charge in [-0.3, -0.25) is 0 Å². The number of nitrogen functional groups attached to an aromatic ring is 1. The Morgan fingerprint density at radius 3 is 2.28 bits per heavy atom. The Morgan fingerprint density at radius 1 is 0.889 bits per heavy atom. The van der Waals surface area contributed by atoms with Crippen LogP contribution in [0.1, 0.15) is 16.7 Å². The minimum absolute atomic E-state index is 0.813. The van der Waals surface area contributed by atoms with Crippen molar-refractivity contribution >= 4 is 5.69 Å². The zero-order chi connectivity index (χ0) is 13.3. The van der Waals surface area contributed by atoms with Gasteiger partial charge >= 0.3 is 0 Å². The average Bonchev–Trinajstić information content (AvgIpc) is 2.35. The van der Waals surface area contributed by atoms with Gasteiger partial charge in [0.25, 0.3) is 0 Å². The fourth-order valence-corrected chi connectivity index (χ4v) is 2.20. The molecule has 0 atom stereocenters. The van der Waals surface area contributed by atoms with Crippen LogP contribution >= 0.6 is 0 Å². The predicted molar refractivity (Wildman–Crippen MR) is 77.1 cm³/mol. The smallest absolute Gasteiger partial charge is 0.122 e. The lowest BCUT2D eigenvalue weighted by atomic mass is 9.95. The SMILES string of the molecule is COc1cc(C)c(-c2cc(C)ccc2N)cc1C. The first-order valence-corrected chi connectivity index (χ1v) is 6.04. The van der Waals surface area contributed by atoms with Gasteiger partial charge in [-0.2, -0.15) is 0 Å². The zero-order valence-electron chi connectivity index (χ0n) is 11.4. The second-order valence-electron chi connectivity index (χ2n) is 4.73. The Hall–Kier alpha value is -1.96. The Kier molecular flexibility index (Phi) is 3.28. The molecule has 2 heteroatoms. The van der Waals surface area contributed by atoms with Gasteiger partial charge in [0, 0.05) is 11.3 Å². The van der Waals surface area contributed by atoms with Crippen molar-refractivity contribution < 1.29 is 4.74 Å². The largest absolute Gasteiger partial charge is 0.496 e. The van der Waals surface area contributed by atoms with Crippen LogP contribution in [0.4, 0.5) is 5.69 Å². The minimum atomic E-state index is 0.813. The minimum Gasteiger partial charge on any atom is -0.496 e. The normalized spacial score (nSPS) is 10.4. The predicted octanol–water partition coefficient (Wildman–Crippen LogP) is 3.87. The summed E-state index contributed by atoms with van der Waals surface area (Å²) in [7, 11) is 1.70. The molecule has 0 amide bonds. The summed E-state index contributed by atoms with van der Waals surface area (Å²) in [6, 6.07) is 10.3. The van der Waals surface area contributed by atoms with Crippen LogP contribution in [-0.2, 0) is 0 Å². The molecule has 0 aliphatic heterocycles. The van der Waals surface area contributed by atoms with E-state index in [1.54, 1.807) is 7.11 Å². The summed E-state index contributed by atoms with van der Waals surface area (Å²) in [6.07, 6.45) is 0. The maximum atomic E-state index is 6.08. The molecule has 2 aromatic carbocycles. The molecule has 0 heterocycles. The van der Waals surface area contributed by atoms with E-state index in [2.05, 4.69) is 32.0 Å². The van der Waals surface area contributed by atoms with Crippen molar-refractivity contribution in [1.82, 2.24) is 0 Å². The first-order chi connectivity index (χ1) is 8.52. The van der Waals surface area contributed by atoms with Crippen LogP contribution < -0.4 is 10.5 Å². The number of hydrogen-bond donors (Lipinski definition) is 1. The highest BCUT2D eigenvalue weighted by Gasteiger charge is 2.09. The number of methoxy groups -OCH3 is 1. The molecule has 0 saturated heterocycles. The van der Waals surface area contributed by atoms with E-state index in [4.69, 9.17) is 10.5 Å². The molecule has 0 saturated carbocycles. The van der Waals surface area contributed by atoms with E-state index in [0.717, 1.165) is 22.6 Å². The number of aryl methyl sites for hydroxylation is 3. The molecule has 2 rings (SSSR count). The lowest BCUT2D eigenvalue weighted by Gasteiger charge is -2.13. The van der Waals surface area contributed by atoms with E-state index in [-0.39, 0.29) is 0 Å². The number of benzene rings is 2. The highest BCUT2D eigenvalue weighted by Crippen LogP contribution is 2.33. The average molecular weight is 241 g/mol. The van der Waals surface area contributed by atoms with Gasteiger partial charge in [0.15, 0.2) is 0 Å². The molecular formula is C16H19NO. The number of nitrogens with two attached hydrogens (primary N) is 1. The third-order valence-corrected chi connectivity index (χ3v) is 3.24. The third-order valence-electron chi connectivity index (χ3n) is 3.24. The summed E-state index contributed by atoms with van der Waals surface area (Å²) < 4.78 is 5.34. The van der Waals surface area contributed by atoms with E-state index in [9.17, 15) is 0 Å². The zero-order valence-corrected chi connectivity index (χ0v) is 11.4. The molecular weight excluding hydrogens is 222 g/mol. The highest BCUT2D eigenvalue weighted by molar-refractivity contribution is 5.80. The quantitative estimate of drug-likeness (QED) is 0.810. The van der Waals surface area contributed by atoms with Gasteiger partial charge in [0.05, 0.1) is 7.11 Å². The first-order valence-electron chi connectivity index (χ1n) is 6.04. The summed E-state index contributed by atoms with van der Waals surface area (Å²) in [5.41, 5.74) is 12.7. The second kappa shape index (κ2) is 4.73. The molecule has 2 N–H and O–H groups in total. The fraction of sp³-hybridized carbons (Fsp3) is 0.250. The van der Waals surface area contributed by atoms with Crippen molar-refractivity contribution in [3.8, 4) is 16.9 Å². The van der Waals surface area contributed by atoms with Gasteiger partial charge in [0.1, 0.15) is 5.75 Å². The van der Waals surface area contributed by atoms with E-state index in [1.807, 2.05) is 19.1 Å². The Morgan fingerprint density at radius 2 is 1.61 bits per heavy atom. The molecule has 0 aliphatic carbocycles. The molecule has 2 aromatic rings. The van der Waals surface area contributed by atoms with Crippen molar-refractivity contribution in [1.29, 1.82) is 0 Å². The monoisotopic (exact) mass is 241 g/mol. The maximum Gasteiger partial charge on any atom is 0.122 e. The fourth-order valence-electron chi connectivity index (χ4n) is 2.20. The van der Waals surface area contributed by atoms with Gasteiger partial charge in [-0.25, -0.2) is 0 Å². The van der Waals surface area contributed by atoms with Crippen LogP contribution in [0.3, 0.4) is 0 Å². The van der Waals surface area contributed by atoms with Crippen LogP contribution in [0.15, 0.2) is 30.3 Å². The van der Waals surface area contributed by atoms with Crippen LogP contribution in [0.2, 0.25) is 0 Å². The van der Waals surface area contributed by atoms with Crippen molar-refractivity contribution in [3.05, 3.63) is 47.0 Å².